The summed E-state index contributed by atoms with van der Waals surface area (Å²) in [5.41, 5.74) is 5.15. The fourth-order valence-corrected chi connectivity index (χ4v) is 2.05. The normalized spacial score (nSPS) is 10.1. The van der Waals surface area contributed by atoms with Crippen molar-refractivity contribution in [1.82, 2.24) is 10.9 Å². The molecular weight excluding hydrogens is 315 g/mol. The molecule has 2 rings (SSSR count). The lowest BCUT2D eigenvalue weighted by molar-refractivity contribution is -0.121. The van der Waals surface area contributed by atoms with Crippen molar-refractivity contribution >= 4 is 11.8 Å². The summed E-state index contributed by atoms with van der Waals surface area (Å²) >= 11 is 0. The lowest BCUT2D eigenvalue weighted by atomic mass is 10.1. The fraction of sp³-hybridized carbons (Fsp3) is 0.176. The number of hydrazine groups is 1. The number of para-hydroxylation sites is 1. The van der Waals surface area contributed by atoms with Gasteiger partial charge in [0.1, 0.15) is 5.75 Å². The molecule has 0 saturated carbocycles. The first-order chi connectivity index (χ1) is 11.5. The number of aryl methyl sites for hydroxylation is 1. The van der Waals surface area contributed by atoms with Crippen molar-refractivity contribution in [2.45, 2.75) is 12.8 Å². The largest absolute Gasteiger partial charge is 0.507 e. The van der Waals surface area contributed by atoms with Gasteiger partial charge < -0.3 is 9.84 Å². The molecule has 6 nitrogen and oxygen atoms in total. The third kappa shape index (κ3) is 4.45. The van der Waals surface area contributed by atoms with Gasteiger partial charge in [-0.25, -0.2) is 4.39 Å². The van der Waals surface area contributed by atoms with Crippen LogP contribution in [0.5, 0.6) is 11.5 Å². The minimum Gasteiger partial charge on any atom is -0.507 e. The molecule has 0 bridgehead atoms. The van der Waals surface area contributed by atoms with Crippen molar-refractivity contribution in [1.29, 1.82) is 0 Å². The highest BCUT2D eigenvalue weighted by Crippen LogP contribution is 2.18. The van der Waals surface area contributed by atoms with E-state index in [-0.39, 0.29) is 23.5 Å². The molecule has 0 fully saturated rings. The van der Waals surface area contributed by atoms with Gasteiger partial charge >= 0.3 is 0 Å². The van der Waals surface area contributed by atoms with Gasteiger partial charge in [0.25, 0.3) is 5.91 Å². The van der Waals surface area contributed by atoms with Crippen molar-refractivity contribution in [2.24, 2.45) is 0 Å². The Morgan fingerprint density at radius 2 is 1.92 bits per heavy atom. The number of amides is 2. The number of rotatable bonds is 5. The van der Waals surface area contributed by atoms with Crippen molar-refractivity contribution in [2.75, 3.05) is 7.11 Å². The van der Waals surface area contributed by atoms with Gasteiger partial charge in [-0.3, -0.25) is 20.4 Å². The number of methoxy groups -OCH3 is 1. The molecule has 3 N–H and O–H groups in total. The number of carbonyl (C=O) groups is 2. The molecule has 0 unspecified atom stereocenters. The lowest BCUT2D eigenvalue weighted by Crippen LogP contribution is -2.41. The number of halogens is 1. The molecule has 24 heavy (non-hydrogen) atoms. The first kappa shape index (κ1) is 17.3. The van der Waals surface area contributed by atoms with Gasteiger partial charge in [0.15, 0.2) is 11.6 Å². The Balaban J connectivity index is 1.82. The Labute approximate surface area is 138 Å². The molecule has 0 atom stereocenters. The molecule has 0 radical (unpaired) electrons. The third-order valence-corrected chi connectivity index (χ3v) is 3.32. The van der Waals surface area contributed by atoms with Crippen LogP contribution in [0.25, 0.3) is 0 Å². The van der Waals surface area contributed by atoms with Crippen molar-refractivity contribution in [3.05, 3.63) is 59.4 Å². The molecule has 0 spiro atoms. The molecule has 0 aliphatic rings. The smallest absolute Gasteiger partial charge is 0.273 e. The van der Waals surface area contributed by atoms with Crippen LogP contribution in [0.1, 0.15) is 22.3 Å². The number of ether oxygens (including phenoxy) is 1. The second-order valence-electron chi connectivity index (χ2n) is 4.99. The van der Waals surface area contributed by atoms with Crippen LogP contribution < -0.4 is 15.6 Å². The average molecular weight is 332 g/mol. The van der Waals surface area contributed by atoms with Crippen molar-refractivity contribution in [3.63, 3.8) is 0 Å². The van der Waals surface area contributed by atoms with E-state index in [4.69, 9.17) is 4.74 Å². The Morgan fingerprint density at radius 1 is 1.17 bits per heavy atom. The molecular formula is C17H17FN2O4. The maximum absolute atomic E-state index is 13.5. The molecule has 2 aromatic rings. The standard InChI is InChI=1S/C17H17FN2O4/c1-24-15-8-6-11(10-13(15)18)7-9-16(22)19-20-17(23)12-4-2-3-5-14(12)21/h2-6,8,10,21H,7,9H2,1H3,(H,19,22)(H,20,23). The molecule has 0 aliphatic carbocycles. The minimum absolute atomic E-state index is 0.0509. The van der Waals surface area contributed by atoms with Crippen molar-refractivity contribution in [3.8, 4) is 11.5 Å². The van der Waals surface area contributed by atoms with Gasteiger partial charge in [0.05, 0.1) is 12.7 Å². The quantitative estimate of drug-likeness (QED) is 0.730. The lowest BCUT2D eigenvalue weighted by Gasteiger charge is -2.09. The Kier molecular flexibility index (Phi) is 5.73. The Bertz CT molecular complexity index is 749. The highest BCUT2D eigenvalue weighted by atomic mass is 19.1. The predicted molar refractivity (Wildman–Crippen MR) is 85.0 cm³/mol. The van der Waals surface area contributed by atoms with Gasteiger partial charge in [-0.05, 0) is 36.2 Å². The van der Waals surface area contributed by atoms with Gasteiger partial charge in [-0.15, -0.1) is 0 Å². The molecule has 0 heterocycles. The van der Waals surface area contributed by atoms with Crippen molar-refractivity contribution < 1.29 is 23.8 Å². The number of nitrogens with one attached hydrogen (secondary N) is 2. The van der Waals surface area contributed by atoms with Gasteiger partial charge in [0, 0.05) is 6.42 Å². The second-order valence-corrected chi connectivity index (χ2v) is 4.99. The van der Waals surface area contributed by atoms with Crippen LogP contribution in [0.4, 0.5) is 4.39 Å². The molecule has 0 aromatic heterocycles. The van der Waals surface area contributed by atoms with Crippen LogP contribution in [0.15, 0.2) is 42.5 Å². The number of carbonyl (C=O) groups excluding carboxylic acids is 2. The van der Waals surface area contributed by atoms with Crippen LogP contribution in [0.3, 0.4) is 0 Å². The number of benzene rings is 2. The van der Waals surface area contributed by atoms with E-state index >= 15 is 0 Å². The molecule has 0 aliphatic heterocycles. The summed E-state index contributed by atoms with van der Waals surface area (Å²) in [4.78, 5) is 23.5. The number of aromatic hydroxyl groups is 1. The highest BCUT2D eigenvalue weighted by Gasteiger charge is 2.11. The molecule has 7 heteroatoms. The van der Waals surface area contributed by atoms with Crippen LogP contribution in [0, 0.1) is 5.82 Å². The topological polar surface area (TPSA) is 87.7 Å². The van der Waals surface area contributed by atoms with E-state index in [9.17, 15) is 19.1 Å². The summed E-state index contributed by atoms with van der Waals surface area (Å²) in [7, 11) is 1.37. The van der Waals surface area contributed by atoms with Gasteiger partial charge in [-0.2, -0.15) is 0 Å². The molecule has 2 amide bonds. The molecule has 0 saturated heterocycles. The summed E-state index contributed by atoms with van der Waals surface area (Å²) in [6.07, 6.45) is 0.367. The van der Waals surface area contributed by atoms with Crippen LogP contribution in [0.2, 0.25) is 0 Å². The summed E-state index contributed by atoms with van der Waals surface area (Å²) in [6, 6.07) is 10.4. The highest BCUT2D eigenvalue weighted by molar-refractivity contribution is 5.97. The summed E-state index contributed by atoms with van der Waals surface area (Å²) < 4.78 is 18.4. The Hall–Kier alpha value is -3.09. The third-order valence-electron chi connectivity index (χ3n) is 3.32. The summed E-state index contributed by atoms with van der Waals surface area (Å²) in [5, 5.41) is 9.55. The first-order valence-electron chi connectivity index (χ1n) is 7.21. The molecule has 126 valence electrons. The first-order valence-corrected chi connectivity index (χ1v) is 7.21. The Morgan fingerprint density at radius 3 is 2.58 bits per heavy atom. The number of phenols is 1. The number of phenolic OH excluding ortho intramolecular Hbond substituents is 1. The van der Waals surface area contributed by atoms with E-state index in [0.717, 1.165) is 0 Å². The van der Waals surface area contributed by atoms with Crippen LogP contribution in [-0.2, 0) is 11.2 Å². The minimum atomic E-state index is -0.628. The fourth-order valence-electron chi connectivity index (χ4n) is 2.05. The summed E-state index contributed by atoms with van der Waals surface area (Å²) in [6.45, 7) is 0. The van der Waals surface area contributed by atoms with Gasteiger partial charge in [0.2, 0.25) is 5.91 Å². The van der Waals surface area contributed by atoms with Crippen LogP contribution >= 0.6 is 0 Å². The van der Waals surface area contributed by atoms with E-state index in [0.29, 0.717) is 12.0 Å². The summed E-state index contributed by atoms with van der Waals surface area (Å²) in [5.74, 6) is -1.61. The monoisotopic (exact) mass is 332 g/mol. The second kappa shape index (κ2) is 7.96. The zero-order chi connectivity index (χ0) is 17.5. The number of hydrogen-bond donors (Lipinski definition) is 3. The maximum atomic E-state index is 13.5. The van der Waals surface area contributed by atoms with Crippen LogP contribution in [-0.4, -0.2) is 24.0 Å². The van der Waals surface area contributed by atoms with E-state index in [2.05, 4.69) is 10.9 Å². The van der Waals surface area contributed by atoms with E-state index in [1.165, 1.54) is 31.4 Å². The van der Waals surface area contributed by atoms with Gasteiger partial charge in [-0.1, -0.05) is 18.2 Å². The zero-order valence-corrected chi connectivity index (χ0v) is 13.0. The average Bonchev–Trinajstić information content (AvgIpc) is 2.58. The maximum Gasteiger partial charge on any atom is 0.273 e. The van der Waals surface area contributed by atoms with E-state index in [1.54, 1.807) is 18.2 Å². The molecule has 2 aromatic carbocycles. The van der Waals surface area contributed by atoms with E-state index < -0.39 is 17.6 Å². The SMILES string of the molecule is COc1ccc(CCC(=O)NNC(=O)c2ccccc2O)cc1F. The van der Waals surface area contributed by atoms with E-state index in [1.807, 2.05) is 0 Å². The predicted octanol–water partition coefficient (Wildman–Crippen LogP) is 1.93. The zero-order valence-electron chi connectivity index (χ0n) is 13.0. The number of hydrogen-bond acceptors (Lipinski definition) is 4.